The molecule has 29 heavy (non-hydrogen) atoms. The van der Waals surface area contributed by atoms with Gasteiger partial charge in [0.05, 0.1) is 6.61 Å². The number of aliphatic imine (C=N–C) groups is 1. The predicted molar refractivity (Wildman–Crippen MR) is 102 cm³/mol. The van der Waals surface area contributed by atoms with Gasteiger partial charge in [0.2, 0.25) is 0 Å². The molecule has 0 fully saturated rings. The smallest absolute Gasteiger partial charge is 0.408 e. The highest BCUT2D eigenvalue weighted by Crippen LogP contribution is 2.16. The van der Waals surface area contributed by atoms with E-state index in [4.69, 9.17) is 5.73 Å². The van der Waals surface area contributed by atoms with Crippen LogP contribution in [-0.2, 0) is 9.53 Å². The fraction of sp³-hybridized carbons (Fsp3) is 0.533. The second-order valence-electron chi connectivity index (χ2n) is 5.28. The van der Waals surface area contributed by atoms with Gasteiger partial charge in [-0.25, -0.2) is 19.8 Å². The van der Waals surface area contributed by atoms with E-state index in [1.807, 2.05) is 0 Å². The molecule has 0 aliphatic rings. The molecule has 162 valence electrons. The SMILES string of the molecule is CCOC(=O)CNC(=O)NCCCSc1nccc(NC(N)=NCC(F)(F)F)n1. The van der Waals surface area contributed by atoms with Gasteiger partial charge >= 0.3 is 18.2 Å². The number of nitrogens with zero attached hydrogens (tertiary/aromatic N) is 3. The lowest BCUT2D eigenvalue weighted by atomic mass is 10.5. The number of carbonyl (C=O) groups excluding carboxylic acids is 2. The van der Waals surface area contributed by atoms with Crippen LogP contribution in [0.5, 0.6) is 0 Å². The van der Waals surface area contributed by atoms with E-state index in [1.165, 1.54) is 24.0 Å². The molecule has 0 saturated heterocycles. The molecular formula is C15H22F3N7O3S. The molecule has 1 heterocycles. The van der Waals surface area contributed by atoms with Gasteiger partial charge < -0.3 is 26.4 Å². The molecule has 5 N–H and O–H groups in total. The summed E-state index contributed by atoms with van der Waals surface area (Å²) in [7, 11) is 0. The van der Waals surface area contributed by atoms with Gasteiger partial charge in [-0.05, 0) is 19.4 Å². The third-order valence-corrected chi connectivity index (χ3v) is 3.80. The Bertz CT molecular complexity index is 704. The minimum absolute atomic E-state index is 0.211. The molecule has 0 unspecified atom stereocenters. The van der Waals surface area contributed by atoms with E-state index in [0.717, 1.165) is 0 Å². The Balaban J connectivity index is 2.29. The molecule has 0 bridgehead atoms. The maximum atomic E-state index is 12.1. The molecule has 0 aromatic carbocycles. The number of carbonyl (C=O) groups is 2. The average Bonchev–Trinajstić information content (AvgIpc) is 2.64. The van der Waals surface area contributed by atoms with Crippen molar-refractivity contribution in [1.29, 1.82) is 0 Å². The predicted octanol–water partition coefficient (Wildman–Crippen LogP) is 1.11. The van der Waals surface area contributed by atoms with Crippen molar-refractivity contribution in [2.75, 3.05) is 37.3 Å². The fourth-order valence-electron chi connectivity index (χ4n) is 1.69. The van der Waals surface area contributed by atoms with Crippen LogP contribution in [0, 0.1) is 0 Å². The third kappa shape index (κ3) is 12.3. The molecule has 0 spiro atoms. The number of rotatable bonds is 10. The number of thioether (sulfide) groups is 1. The second kappa shape index (κ2) is 12.6. The lowest BCUT2D eigenvalue weighted by Crippen LogP contribution is -2.39. The van der Waals surface area contributed by atoms with Crippen molar-refractivity contribution in [3.63, 3.8) is 0 Å². The van der Waals surface area contributed by atoms with Crippen LogP contribution in [0.3, 0.4) is 0 Å². The zero-order valence-electron chi connectivity index (χ0n) is 15.6. The number of esters is 1. The number of guanidine groups is 1. The number of nitrogens with two attached hydrogens (primary N) is 1. The topological polar surface area (TPSA) is 144 Å². The Labute approximate surface area is 169 Å². The number of nitrogens with one attached hydrogen (secondary N) is 3. The Hall–Kier alpha value is -2.77. The van der Waals surface area contributed by atoms with Gasteiger partial charge in [-0.3, -0.25) is 4.79 Å². The van der Waals surface area contributed by atoms with Crippen LogP contribution in [0.1, 0.15) is 13.3 Å². The lowest BCUT2D eigenvalue weighted by Gasteiger charge is -2.08. The number of anilines is 1. The number of halogens is 3. The maximum Gasteiger partial charge on any atom is 0.408 e. The number of hydrogen-bond donors (Lipinski definition) is 4. The molecule has 0 radical (unpaired) electrons. The standard InChI is InChI=1S/C15H22F3N7O3S/c1-2-28-11(26)8-22-13(27)20-5-3-7-29-14-21-6-4-10(25-14)24-12(19)23-9-15(16,17)18/h4,6H,2-3,5,7-9H2,1H3,(H2,20,22,27)(H3,19,21,23,24,25). The van der Waals surface area contributed by atoms with E-state index in [0.29, 0.717) is 23.9 Å². The zero-order valence-corrected chi connectivity index (χ0v) is 16.4. The van der Waals surface area contributed by atoms with Gasteiger partial charge in [0.15, 0.2) is 11.1 Å². The van der Waals surface area contributed by atoms with E-state index in [-0.39, 0.29) is 19.0 Å². The van der Waals surface area contributed by atoms with Gasteiger partial charge in [0.1, 0.15) is 18.9 Å². The molecule has 0 aliphatic carbocycles. The first-order valence-electron chi connectivity index (χ1n) is 8.46. The van der Waals surface area contributed by atoms with E-state index in [9.17, 15) is 22.8 Å². The Morgan fingerprint density at radius 3 is 2.79 bits per heavy atom. The first kappa shape index (κ1) is 24.3. The van der Waals surface area contributed by atoms with Gasteiger partial charge in [-0.2, -0.15) is 13.2 Å². The molecule has 14 heteroatoms. The molecule has 0 saturated carbocycles. The number of amides is 2. The summed E-state index contributed by atoms with van der Waals surface area (Å²) in [6.45, 7) is 0.666. The van der Waals surface area contributed by atoms with E-state index in [2.05, 4.69) is 35.6 Å². The summed E-state index contributed by atoms with van der Waals surface area (Å²) in [6, 6.07) is 0.953. The molecule has 1 rings (SSSR count). The molecule has 2 amide bonds. The van der Waals surface area contributed by atoms with Crippen molar-refractivity contribution in [3.8, 4) is 0 Å². The van der Waals surface area contributed by atoms with Gasteiger partial charge in [0.25, 0.3) is 0 Å². The van der Waals surface area contributed by atoms with Crippen molar-refractivity contribution in [3.05, 3.63) is 12.3 Å². The number of hydrogen-bond acceptors (Lipinski definition) is 7. The van der Waals surface area contributed by atoms with Crippen LogP contribution in [0.4, 0.5) is 23.8 Å². The summed E-state index contributed by atoms with van der Waals surface area (Å²) < 4.78 is 41.0. The zero-order chi connectivity index (χ0) is 21.7. The molecule has 0 aliphatic heterocycles. The number of alkyl halides is 3. The fourth-order valence-corrected chi connectivity index (χ4v) is 2.46. The van der Waals surface area contributed by atoms with Crippen LogP contribution < -0.4 is 21.7 Å². The lowest BCUT2D eigenvalue weighted by molar-refractivity contribution is -0.141. The minimum Gasteiger partial charge on any atom is -0.465 e. The Morgan fingerprint density at radius 2 is 2.10 bits per heavy atom. The van der Waals surface area contributed by atoms with E-state index in [1.54, 1.807) is 6.92 Å². The van der Waals surface area contributed by atoms with Gasteiger partial charge in [-0.15, -0.1) is 0 Å². The maximum absolute atomic E-state index is 12.1. The van der Waals surface area contributed by atoms with Crippen molar-refractivity contribution >= 4 is 35.5 Å². The molecule has 1 aromatic heterocycles. The van der Waals surface area contributed by atoms with E-state index < -0.39 is 30.7 Å². The van der Waals surface area contributed by atoms with Gasteiger partial charge in [0, 0.05) is 18.5 Å². The summed E-state index contributed by atoms with van der Waals surface area (Å²) in [5.41, 5.74) is 5.39. The highest BCUT2D eigenvalue weighted by molar-refractivity contribution is 7.99. The highest BCUT2D eigenvalue weighted by atomic mass is 32.2. The Morgan fingerprint density at radius 1 is 1.34 bits per heavy atom. The first-order chi connectivity index (χ1) is 13.7. The van der Waals surface area contributed by atoms with Crippen LogP contribution in [-0.4, -0.2) is 66.1 Å². The highest BCUT2D eigenvalue weighted by Gasteiger charge is 2.26. The van der Waals surface area contributed by atoms with E-state index >= 15 is 0 Å². The minimum atomic E-state index is -4.44. The summed E-state index contributed by atoms with van der Waals surface area (Å²) in [6.07, 6.45) is -2.42. The molecule has 10 nitrogen and oxygen atoms in total. The van der Waals surface area contributed by atoms with Gasteiger partial charge in [-0.1, -0.05) is 11.8 Å². The van der Waals surface area contributed by atoms with Crippen molar-refractivity contribution in [2.24, 2.45) is 10.7 Å². The average molecular weight is 437 g/mol. The summed E-state index contributed by atoms with van der Waals surface area (Å²) >= 11 is 1.29. The molecular weight excluding hydrogens is 415 g/mol. The van der Waals surface area contributed by atoms with Crippen molar-refractivity contribution in [2.45, 2.75) is 24.7 Å². The molecule has 0 atom stereocenters. The normalized spacial score (nSPS) is 11.7. The number of aromatic nitrogens is 2. The van der Waals surface area contributed by atoms with Crippen molar-refractivity contribution in [1.82, 2.24) is 20.6 Å². The van der Waals surface area contributed by atoms with Crippen LogP contribution in [0.2, 0.25) is 0 Å². The quantitative estimate of drug-likeness (QED) is 0.106. The monoisotopic (exact) mass is 437 g/mol. The largest absolute Gasteiger partial charge is 0.465 e. The first-order valence-corrected chi connectivity index (χ1v) is 9.45. The second-order valence-corrected chi connectivity index (χ2v) is 6.34. The summed E-state index contributed by atoms with van der Waals surface area (Å²) in [4.78, 5) is 33.9. The molecule has 1 aromatic rings. The van der Waals surface area contributed by atoms with Crippen LogP contribution in [0.25, 0.3) is 0 Å². The summed E-state index contributed by atoms with van der Waals surface area (Å²) in [5, 5.41) is 7.79. The van der Waals surface area contributed by atoms with Crippen molar-refractivity contribution < 1.29 is 27.5 Å². The number of urea groups is 1. The van der Waals surface area contributed by atoms with Crippen LogP contribution in [0.15, 0.2) is 22.4 Å². The summed E-state index contributed by atoms with van der Waals surface area (Å²) in [5.74, 6) is -0.149. The third-order valence-electron chi connectivity index (χ3n) is 2.85. The number of ether oxygens (including phenoxy) is 1. The Kier molecular flexibility index (Phi) is 10.6. The van der Waals surface area contributed by atoms with Crippen LogP contribution >= 0.6 is 11.8 Å².